The lowest BCUT2D eigenvalue weighted by atomic mass is 10.1. The highest BCUT2D eigenvalue weighted by Gasteiger charge is 2.12. The Hall–Kier alpha value is -0.570. The predicted octanol–water partition coefficient (Wildman–Crippen LogP) is 0.803. The molecule has 0 aliphatic carbocycles. The molecular formula is C8H16N2O. The highest BCUT2D eigenvalue weighted by molar-refractivity contribution is 5.79. The lowest BCUT2D eigenvalue weighted by Gasteiger charge is -2.19. The van der Waals surface area contributed by atoms with Gasteiger partial charge in [-0.2, -0.15) is 0 Å². The van der Waals surface area contributed by atoms with Crippen LogP contribution in [0.15, 0.2) is 4.99 Å². The summed E-state index contributed by atoms with van der Waals surface area (Å²) in [6, 6.07) is 0. The van der Waals surface area contributed by atoms with Crippen molar-refractivity contribution >= 4 is 5.90 Å². The summed E-state index contributed by atoms with van der Waals surface area (Å²) >= 11 is 0. The van der Waals surface area contributed by atoms with Crippen LogP contribution >= 0.6 is 0 Å². The second-order valence-corrected chi connectivity index (χ2v) is 3.73. The third-order valence-electron chi connectivity index (χ3n) is 1.42. The van der Waals surface area contributed by atoms with E-state index in [0.29, 0.717) is 0 Å². The molecule has 1 aliphatic rings. The van der Waals surface area contributed by atoms with Crippen LogP contribution in [0.1, 0.15) is 20.8 Å². The van der Waals surface area contributed by atoms with E-state index in [1.807, 2.05) is 0 Å². The van der Waals surface area contributed by atoms with E-state index in [2.05, 4.69) is 31.1 Å². The minimum atomic E-state index is 0.147. The van der Waals surface area contributed by atoms with Crippen molar-refractivity contribution in [1.82, 2.24) is 5.32 Å². The van der Waals surface area contributed by atoms with Crippen LogP contribution in [-0.4, -0.2) is 31.1 Å². The summed E-state index contributed by atoms with van der Waals surface area (Å²) in [6.07, 6.45) is 0. The van der Waals surface area contributed by atoms with Gasteiger partial charge in [-0.1, -0.05) is 0 Å². The molecule has 1 heterocycles. The maximum Gasteiger partial charge on any atom is 0.197 e. The van der Waals surface area contributed by atoms with Crippen LogP contribution in [0.25, 0.3) is 0 Å². The molecule has 0 aromatic heterocycles. The first kappa shape index (κ1) is 8.53. The maximum atomic E-state index is 5.24. The Morgan fingerprint density at radius 3 is 2.73 bits per heavy atom. The van der Waals surface area contributed by atoms with E-state index >= 15 is 0 Å². The Morgan fingerprint density at radius 2 is 2.27 bits per heavy atom. The van der Waals surface area contributed by atoms with E-state index in [-0.39, 0.29) is 5.54 Å². The molecule has 11 heavy (non-hydrogen) atoms. The molecule has 0 aromatic rings. The Labute approximate surface area is 67.8 Å². The van der Waals surface area contributed by atoms with Crippen molar-refractivity contribution in [1.29, 1.82) is 0 Å². The SMILES string of the molecule is CC(C)(C)NCC1=NCCO1. The molecule has 1 aliphatic heterocycles. The first-order chi connectivity index (χ1) is 5.08. The standard InChI is InChI=1S/C8H16N2O/c1-8(2,3)10-6-7-9-4-5-11-7/h10H,4-6H2,1-3H3. The average Bonchev–Trinajstić information content (AvgIpc) is 2.32. The molecule has 3 heteroatoms. The van der Waals surface area contributed by atoms with Crippen LogP contribution in [0.2, 0.25) is 0 Å². The first-order valence-corrected chi connectivity index (χ1v) is 3.99. The van der Waals surface area contributed by atoms with Gasteiger partial charge in [0.15, 0.2) is 5.90 Å². The molecule has 0 unspecified atom stereocenters. The highest BCUT2D eigenvalue weighted by atomic mass is 16.5. The van der Waals surface area contributed by atoms with Gasteiger partial charge in [0.2, 0.25) is 0 Å². The molecule has 0 saturated heterocycles. The third-order valence-corrected chi connectivity index (χ3v) is 1.42. The van der Waals surface area contributed by atoms with Crippen molar-refractivity contribution in [3.8, 4) is 0 Å². The summed E-state index contributed by atoms with van der Waals surface area (Å²) in [4.78, 5) is 4.17. The van der Waals surface area contributed by atoms with Gasteiger partial charge in [0.1, 0.15) is 6.61 Å². The number of nitrogens with zero attached hydrogens (tertiary/aromatic N) is 1. The second-order valence-electron chi connectivity index (χ2n) is 3.73. The minimum absolute atomic E-state index is 0.147. The van der Waals surface area contributed by atoms with Crippen LogP contribution in [0.3, 0.4) is 0 Å². The summed E-state index contributed by atoms with van der Waals surface area (Å²) in [5, 5.41) is 3.31. The number of nitrogens with one attached hydrogen (secondary N) is 1. The molecule has 0 aromatic carbocycles. The van der Waals surface area contributed by atoms with Gasteiger partial charge in [-0.25, -0.2) is 0 Å². The van der Waals surface area contributed by atoms with Crippen molar-refractivity contribution in [2.24, 2.45) is 4.99 Å². The number of hydrogen-bond donors (Lipinski definition) is 1. The van der Waals surface area contributed by atoms with E-state index in [0.717, 1.165) is 25.6 Å². The largest absolute Gasteiger partial charge is 0.478 e. The van der Waals surface area contributed by atoms with E-state index in [1.165, 1.54) is 0 Å². The summed E-state index contributed by atoms with van der Waals surface area (Å²) in [6.45, 7) is 8.71. The molecule has 0 amide bonds. The fraction of sp³-hybridized carbons (Fsp3) is 0.875. The van der Waals surface area contributed by atoms with Gasteiger partial charge in [0.05, 0.1) is 13.1 Å². The zero-order valence-corrected chi connectivity index (χ0v) is 7.48. The normalized spacial score (nSPS) is 17.9. The van der Waals surface area contributed by atoms with Crippen LogP contribution in [0, 0.1) is 0 Å². The minimum Gasteiger partial charge on any atom is -0.478 e. The van der Waals surface area contributed by atoms with Crippen molar-refractivity contribution in [2.45, 2.75) is 26.3 Å². The molecule has 0 bridgehead atoms. The average molecular weight is 156 g/mol. The van der Waals surface area contributed by atoms with Gasteiger partial charge in [-0.05, 0) is 20.8 Å². The Bertz CT molecular complexity index is 158. The fourth-order valence-electron chi connectivity index (χ4n) is 0.827. The summed E-state index contributed by atoms with van der Waals surface area (Å²) in [7, 11) is 0. The molecule has 1 rings (SSSR count). The highest BCUT2D eigenvalue weighted by Crippen LogP contribution is 1.99. The van der Waals surface area contributed by atoms with Crippen LogP contribution in [0.4, 0.5) is 0 Å². The summed E-state index contributed by atoms with van der Waals surface area (Å²) in [5.41, 5.74) is 0.147. The van der Waals surface area contributed by atoms with Gasteiger partial charge >= 0.3 is 0 Å². The Morgan fingerprint density at radius 1 is 1.55 bits per heavy atom. The Kier molecular flexibility index (Phi) is 2.49. The quantitative estimate of drug-likeness (QED) is 0.641. The first-order valence-electron chi connectivity index (χ1n) is 3.99. The predicted molar refractivity (Wildman–Crippen MR) is 46.0 cm³/mol. The second kappa shape index (κ2) is 3.22. The molecular weight excluding hydrogens is 140 g/mol. The van der Waals surface area contributed by atoms with E-state index in [1.54, 1.807) is 0 Å². The molecule has 64 valence electrons. The number of aliphatic imine (C=N–C) groups is 1. The van der Waals surface area contributed by atoms with E-state index in [4.69, 9.17) is 4.74 Å². The smallest absolute Gasteiger partial charge is 0.197 e. The van der Waals surface area contributed by atoms with Crippen molar-refractivity contribution in [2.75, 3.05) is 19.7 Å². The van der Waals surface area contributed by atoms with Crippen LogP contribution < -0.4 is 5.32 Å². The fourth-order valence-corrected chi connectivity index (χ4v) is 0.827. The number of hydrogen-bond acceptors (Lipinski definition) is 3. The number of ether oxygens (including phenoxy) is 1. The van der Waals surface area contributed by atoms with Crippen molar-refractivity contribution in [3.05, 3.63) is 0 Å². The molecule has 0 saturated carbocycles. The molecule has 0 fully saturated rings. The van der Waals surface area contributed by atoms with Gasteiger partial charge in [0, 0.05) is 5.54 Å². The van der Waals surface area contributed by atoms with Crippen molar-refractivity contribution < 1.29 is 4.74 Å². The molecule has 0 spiro atoms. The molecule has 0 radical (unpaired) electrons. The van der Waals surface area contributed by atoms with Crippen molar-refractivity contribution in [3.63, 3.8) is 0 Å². The lowest BCUT2D eigenvalue weighted by molar-refractivity contribution is 0.330. The molecule has 3 nitrogen and oxygen atoms in total. The monoisotopic (exact) mass is 156 g/mol. The molecule has 0 atom stereocenters. The van der Waals surface area contributed by atoms with E-state index in [9.17, 15) is 0 Å². The molecule has 1 N–H and O–H groups in total. The van der Waals surface area contributed by atoms with Gasteiger partial charge < -0.3 is 10.1 Å². The lowest BCUT2D eigenvalue weighted by Crippen LogP contribution is -2.39. The summed E-state index contributed by atoms with van der Waals surface area (Å²) < 4.78 is 5.24. The van der Waals surface area contributed by atoms with Crippen LogP contribution in [0.5, 0.6) is 0 Å². The Balaban J connectivity index is 2.22. The van der Waals surface area contributed by atoms with E-state index < -0.39 is 0 Å². The third kappa shape index (κ3) is 3.37. The number of rotatable bonds is 2. The topological polar surface area (TPSA) is 33.6 Å². The zero-order valence-electron chi connectivity index (χ0n) is 7.48. The van der Waals surface area contributed by atoms with Gasteiger partial charge in [0.25, 0.3) is 0 Å². The zero-order chi connectivity index (χ0) is 8.32. The van der Waals surface area contributed by atoms with Crippen LogP contribution in [-0.2, 0) is 4.74 Å². The van der Waals surface area contributed by atoms with Gasteiger partial charge in [-0.3, -0.25) is 4.99 Å². The maximum absolute atomic E-state index is 5.24. The van der Waals surface area contributed by atoms with Gasteiger partial charge in [-0.15, -0.1) is 0 Å². The summed E-state index contributed by atoms with van der Waals surface area (Å²) in [5.74, 6) is 0.847.